The van der Waals surface area contributed by atoms with Gasteiger partial charge >= 0.3 is 0 Å². The molecule has 2 unspecified atom stereocenters. The monoisotopic (exact) mass is 277 g/mol. The van der Waals surface area contributed by atoms with E-state index >= 15 is 0 Å². The van der Waals surface area contributed by atoms with Crippen LogP contribution in [0.25, 0.3) is 0 Å². The minimum atomic E-state index is -0.482. The van der Waals surface area contributed by atoms with Crippen LogP contribution in [0.5, 0.6) is 0 Å². The summed E-state index contributed by atoms with van der Waals surface area (Å²) in [4.78, 5) is 2.26. The van der Waals surface area contributed by atoms with Crippen LogP contribution in [0.1, 0.15) is 30.0 Å². The van der Waals surface area contributed by atoms with Crippen molar-refractivity contribution in [3.8, 4) is 6.07 Å². The van der Waals surface area contributed by atoms with Gasteiger partial charge in [-0.2, -0.15) is 5.26 Å². The van der Waals surface area contributed by atoms with Crippen molar-refractivity contribution in [1.82, 2.24) is 4.90 Å². The first kappa shape index (κ1) is 14.9. The minimum Gasteiger partial charge on any atom is -0.383 e. The number of halogens is 1. The van der Waals surface area contributed by atoms with Gasteiger partial charge in [-0.15, -0.1) is 0 Å². The number of hydrogen-bond acceptors (Lipinski definition) is 4. The number of methoxy groups -OCH3 is 1. The molecule has 1 aliphatic rings. The van der Waals surface area contributed by atoms with E-state index < -0.39 is 5.82 Å². The van der Waals surface area contributed by atoms with Crippen molar-refractivity contribution in [2.45, 2.75) is 24.9 Å². The van der Waals surface area contributed by atoms with E-state index in [1.165, 1.54) is 6.07 Å². The molecule has 0 radical (unpaired) electrons. The highest BCUT2D eigenvalue weighted by molar-refractivity contribution is 5.36. The average Bonchev–Trinajstić information content (AvgIpc) is 2.46. The molecule has 1 aliphatic heterocycles. The molecule has 4 nitrogen and oxygen atoms in total. The lowest BCUT2D eigenvalue weighted by molar-refractivity contribution is 0.0847. The lowest BCUT2D eigenvalue weighted by atomic mass is 9.90. The predicted octanol–water partition coefficient (Wildman–Crippen LogP) is 1.81. The van der Waals surface area contributed by atoms with Crippen LogP contribution in [0, 0.1) is 17.1 Å². The summed E-state index contributed by atoms with van der Waals surface area (Å²) in [6.45, 7) is 2.37. The number of nitriles is 1. The van der Waals surface area contributed by atoms with Crippen LogP contribution >= 0.6 is 0 Å². The van der Waals surface area contributed by atoms with Gasteiger partial charge in [0.05, 0.1) is 18.2 Å². The Morgan fingerprint density at radius 3 is 3.05 bits per heavy atom. The first-order valence-electron chi connectivity index (χ1n) is 6.85. The van der Waals surface area contributed by atoms with Gasteiger partial charge in [0.15, 0.2) is 0 Å². The minimum absolute atomic E-state index is 0.00221. The molecule has 1 heterocycles. The molecular weight excluding hydrogens is 257 g/mol. The van der Waals surface area contributed by atoms with Gasteiger partial charge < -0.3 is 10.5 Å². The van der Waals surface area contributed by atoms with Gasteiger partial charge in [0.25, 0.3) is 0 Å². The Hall–Kier alpha value is -1.48. The third-order valence-corrected chi connectivity index (χ3v) is 3.82. The molecule has 1 fully saturated rings. The van der Waals surface area contributed by atoms with E-state index in [9.17, 15) is 4.39 Å². The molecule has 2 rings (SSSR count). The number of likely N-dealkylation sites (tertiary alicyclic amines) is 1. The molecule has 2 N–H and O–H groups in total. The van der Waals surface area contributed by atoms with Crippen molar-refractivity contribution in [2.75, 3.05) is 26.8 Å². The molecule has 108 valence electrons. The fraction of sp³-hybridized carbons (Fsp3) is 0.533. The summed E-state index contributed by atoms with van der Waals surface area (Å²) < 4.78 is 18.6. The Kier molecular flexibility index (Phi) is 5.07. The molecule has 0 saturated carbocycles. The highest BCUT2D eigenvalue weighted by Gasteiger charge is 2.30. The molecule has 0 bridgehead atoms. The van der Waals surface area contributed by atoms with Crippen molar-refractivity contribution in [3.05, 3.63) is 35.1 Å². The van der Waals surface area contributed by atoms with Gasteiger partial charge in [-0.3, -0.25) is 4.90 Å². The fourth-order valence-electron chi connectivity index (χ4n) is 2.83. The number of hydrogen-bond donors (Lipinski definition) is 1. The Morgan fingerprint density at radius 1 is 1.55 bits per heavy atom. The van der Waals surface area contributed by atoms with Gasteiger partial charge in [-0.25, -0.2) is 4.39 Å². The molecule has 0 aliphatic carbocycles. The van der Waals surface area contributed by atoms with Crippen LogP contribution in [0.4, 0.5) is 4.39 Å². The predicted molar refractivity (Wildman–Crippen MR) is 74.5 cm³/mol. The maximum atomic E-state index is 13.4. The number of piperidine rings is 1. The normalized spacial score (nSPS) is 23.5. The van der Waals surface area contributed by atoms with E-state index in [2.05, 4.69) is 4.90 Å². The molecule has 0 amide bonds. The van der Waals surface area contributed by atoms with E-state index in [0.29, 0.717) is 6.61 Å². The molecule has 1 saturated heterocycles. The number of nitrogens with two attached hydrogens (primary N) is 1. The zero-order valence-corrected chi connectivity index (χ0v) is 11.7. The first-order valence-corrected chi connectivity index (χ1v) is 6.85. The largest absolute Gasteiger partial charge is 0.383 e. The summed E-state index contributed by atoms with van der Waals surface area (Å²) in [7, 11) is 1.67. The van der Waals surface area contributed by atoms with Crippen LogP contribution in [-0.4, -0.2) is 37.7 Å². The van der Waals surface area contributed by atoms with Gasteiger partial charge in [-0.1, -0.05) is 6.07 Å². The molecular formula is C15H20FN3O. The van der Waals surface area contributed by atoms with Gasteiger partial charge in [0.1, 0.15) is 11.9 Å². The molecule has 1 aromatic rings. The summed E-state index contributed by atoms with van der Waals surface area (Å²) in [5.74, 6) is -0.482. The zero-order chi connectivity index (χ0) is 14.5. The van der Waals surface area contributed by atoms with Crippen LogP contribution in [0.15, 0.2) is 18.2 Å². The molecule has 1 aromatic carbocycles. The molecule has 5 heteroatoms. The standard InChI is InChI=1S/C15H20FN3O/c1-20-8-7-19-6-2-3-14(18)15(19)11-4-5-13(16)12(9-11)10-17/h4-5,9,14-15H,2-3,6-8,18H2,1H3. The van der Waals surface area contributed by atoms with E-state index in [0.717, 1.165) is 31.5 Å². The number of benzene rings is 1. The maximum Gasteiger partial charge on any atom is 0.140 e. The second-order valence-electron chi connectivity index (χ2n) is 5.13. The van der Waals surface area contributed by atoms with Crippen molar-refractivity contribution in [3.63, 3.8) is 0 Å². The van der Waals surface area contributed by atoms with Crippen molar-refractivity contribution < 1.29 is 9.13 Å². The quantitative estimate of drug-likeness (QED) is 0.911. The molecule has 2 atom stereocenters. The molecule has 20 heavy (non-hydrogen) atoms. The maximum absolute atomic E-state index is 13.4. The topological polar surface area (TPSA) is 62.3 Å². The zero-order valence-electron chi connectivity index (χ0n) is 11.7. The molecule has 0 spiro atoms. The number of ether oxygens (including phenoxy) is 1. The van der Waals surface area contributed by atoms with Crippen molar-refractivity contribution in [2.24, 2.45) is 5.73 Å². The van der Waals surface area contributed by atoms with E-state index in [-0.39, 0.29) is 17.6 Å². The lowest BCUT2D eigenvalue weighted by Crippen LogP contribution is -2.46. The average molecular weight is 277 g/mol. The molecule has 0 aromatic heterocycles. The Bertz CT molecular complexity index is 500. The second kappa shape index (κ2) is 6.80. The summed E-state index contributed by atoms with van der Waals surface area (Å²) in [6, 6.07) is 6.60. The Labute approximate surface area is 118 Å². The number of nitrogens with zero attached hydrogens (tertiary/aromatic N) is 2. The number of rotatable bonds is 4. The third-order valence-electron chi connectivity index (χ3n) is 3.82. The van der Waals surface area contributed by atoms with Gasteiger partial charge in [0.2, 0.25) is 0 Å². The third kappa shape index (κ3) is 3.15. The van der Waals surface area contributed by atoms with Crippen LogP contribution in [0.2, 0.25) is 0 Å². The SMILES string of the molecule is COCCN1CCCC(N)C1c1ccc(F)c(C#N)c1. The highest BCUT2D eigenvalue weighted by atomic mass is 19.1. The summed E-state index contributed by atoms with van der Waals surface area (Å²) in [6.07, 6.45) is 1.99. The smallest absolute Gasteiger partial charge is 0.140 e. The van der Waals surface area contributed by atoms with Gasteiger partial charge in [-0.05, 0) is 37.1 Å². The lowest BCUT2D eigenvalue weighted by Gasteiger charge is -2.40. The first-order chi connectivity index (χ1) is 9.67. The van der Waals surface area contributed by atoms with Crippen LogP contribution in [0.3, 0.4) is 0 Å². The van der Waals surface area contributed by atoms with E-state index in [1.54, 1.807) is 19.2 Å². The summed E-state index contributed by atoms with van der Waals surface area (Å²) >= 11 is 0. The van der Waals surface area contributed by atoms with Crippen molar-refractivity contribution in [1.29, 1.82) is 5.26 Å². The van der Waals surface area contributed by atoms with E-state index in [4.69, 9.17) is 15.7 Å². The fourth-order valence-corrected chi connectivity index (χ4v) is 2.83. The van der Waals surface area contributed by atoms with E-state index in [1.807, 2.05) is 6.07 Å². The second-order valence-corrected chi connectivity index (χ2v) is 5.13. The Morgan fingerprint density at radius 2 is 2.35 bits per heavy atom. The van der Waals surface area contributed by atoms with Gasteiger partial charge in [0, 0.05) is 19.7 Å². The summed E-state index contributed by atoms with van der Waals surface area (Å²) in [5.41, 5.74) is 7.23. The van der Waals surface area contributed by atoms with Crippen LogP contribution < -0.4 is 5.73 Å². The Balaban J connectivity index is 2.28. The summed E-state index contributed by atoms with van der Waals surface area (Å²) in [5, 5.41) is 8.96. The van der Waals surface area contributed by atoms with Crippen LogP contribution in [-0.2, 0) is 4.74 Å². The highest BCUT2D eigenvalue weighted by Crippen LogP contribution is 2.30. The van der Waals surface area contributed by atoms with Crippen molar-refractivity contribution >= 4 is 0 Å².